The Morgan fingerprint density at radius 1 is 1.14 bits per heavy atom. The van der Waals surface area contributed by atoms with Gasteiger partial charge in [0.2, 0.25) is 5.91 Å². The van der Waals surface area contributed by atoms with E-state index in [9.17, 15) is 31.9 Å². The topological polar surface area (TPSA) is 103 Å². The van der Waals surface area contributed by atoms with Gasteiger partial charge in [-0.15, -0.1) is 13.2 Å². The molecule has 2 fully saturated rings. The molecule has 0 aromatic heterocycles. The summed E-state index contributed by atoms with van der Waals surface area (Å²) in [5, 5.41) is 7.99. The van der Waals surface area contributed by atoms with Crippen LogP contribution in [0.2, 0.25) is 0 Å². The summed E-state index contributed by atoms with van der Waals surface area (Å²) in [7, 11) is 1.51. The van der Waals surface area contributed by atoms with E-state index in [4.69, 9.17) is 0 Å². The summed E-state index contributed by atoms with van der Waals surface area (Å²) in [6.07, 6.45) is -2.79. The van der Waals surface area contributed by atoms with Crippen LogP contribution in [-0.2, 0) is 11.3 Å². The first kappa shape index (κ1) is 26.4. The van der Waals surface area contributed by atoms with Crippen molar-refractivity contribution in [2.24, 2.45) is 5.92 Å². The van der Waals surface area contributed by atoms with Crippen LogP contribution in [-0.4, -0.2) is 72.9 Å². The number of carbonyl (C=O) groups is 3. The van der Waals surface area contributed by atoms with Crippen molar-refractivity contribution in [1.29, 1.82) is 0 Å². The van der Waals surface area contributed by atoms with Gasteiger partial charge in [0.25, 0.3) is 0 Å². The van der Waals surface area contributed by atoms with Gasteiger partial charge in [0, 0.05) is 57.8 Å². The molecule has 9 nitrogen and oxygen atoms in total. The number of rotatable bonds is 7. The van der Waals surface area contributed by atoms with Crippen molar-refractivity contribution in [2.75, 3.05) is 26.7 Å². The predicted molar refractivity (Wildman–Crippen MR) is 117 cm³/mol. The number of piperidine rings is 1. The molecule has 1 aromatic rings. The van der Waals surface area contributed by atoms with Crippen molar-refractivity contribution in [1.82, 2.24) is 25.8 Å². The minimum absolute atomic E-state index is 0.00258. The van der Waals surface area contributed by atoms with Gasteiger partial charge >= 0.3 is 18.4 Å². The fourth-order valence-corrected chi connectivity index (χ4v) is 4.25. The molecule has 194 valence electrons. The first-order chi connectivity index (χ1) is 16.5. The molecule has 0 spiro atoms. The van der Waals surface area contributed by atoms with Crippen LogP contribution in [0.15, 0.2) is 18.2 Å². The fraction of sp³-hybridized carbons (Fsp3) is 0.591. The maximum absolute atomic E-state index is 14.3. The van der Waals surface area contributed by atoms with E-state index >= 15 is 0 Å². The van der Waals surface area contributed by atoms with E-state index in [0.717, 1.165) is 25.0 Å². The van der Waals surface area contributed by atoms with E-state index < -0.39 is 24.0 Å². The molecule has 1 aromatic carbocycles. The third-order valence-corrected chi connectivity index (χ3v) is 5.91. The van der Waals surface area contributed by atoms with Crippen molar-refractivity contribution in [3.05, 3.63) is 29.6 Å². The molecule has 1 saturated heterocycles. The maximum Gasteiger partial charge on any atom is 0.573 e. The van der Waals surface area contributed by atoms with E-state index in [1.165, 1.54) is 14.0 Å². The average Bonchev–Trinajstić information content (AvgIpc) is 3.60. The molecule has 1 aliphatic carbocycles. The van der Waals surface area contributed by atoms with Crippen LogP contribution in [0.5, 0.6) is 5.75 Å². The Morgan fingerprint density at radius 2 is 1.86 bits per heavy atom. The van der Waals surface area contributed by atoms with Crippen molar-refractivity contribution in [2.45, 2.75) is 51.2 Å². The first-order valence-corrected chi connectivity index (χ1v) is 11.3. The summed E-state index contributed by atoms with van der Waals surface area (Å²) in [6, 6.07) is 1.62. The number of carbonyl (C=O) groups excluding carboxylic acids is 3. The highest BCUT2D eigenvalue weighted by Crippen LogP contribution is 2.33. The van der Waals surface area contributed by atoms with Gasteiger partial charge < -0.3 is 30.5 Å². The van der Waals surface area contributed by atoms with Crippen LogP contribution in [0.3, 0.4) is 0 Å². The molecule has 13 heteroatoms. The number of alkyl halides is 3. The molecule has 0 bridgehead atoms. The summed E-state index contributed by atoms with van der Waals surface area (Å²) in [5.74, 6) is -1.89. The van der Waals surface area contributed by atoms with Gasteiger partial charge in [0.05, 0.1) is 6.04 Å². The van der Waals surface area contributed by atoms with Crippen molar-refractivity contribution >= 4 is 18.0 Å². The molecule has 2 aliphatic rings. The Labute approximate surface area is 200 Å². The zero-order chi connectivity index (χ0) is 25.8. The minimum Gasteiger partial charge on any atom is -0.406 e. The van der Waals surface area contributed by atoms with Gasteiger partial charge in [0.15, 0.2) is 0 Å². The molecule has 0 radical (unpaired) electrons. The quantitative estimate of drug-likeness (QED) is 0.498. The Balaban J connectivity index is 1.68. The molecular weight excluding hydrogens is 474 g/mol. The second-order valence-electron chi connectivity index (χ2n) is 8.75. The number of benzene rings is 1. The third-order valence-electron chi connectivity index (χ3n) is 5.91. The van der Waals surface area contributed by atoms with Gasteiger partial charge in [-0.05, 0) is 31.2 Å². The monoisotopic (exact) mass is 503 g/mol. The summed E-state index contributed by atoms with van der Waals surface area (Å²) in [5.41, 5.74) is 0.00258. The number of ether oxygens (including phenoxy) is 1. The number of halogens is 4. The largest absolute Gasteiger partial charge is 0.573 e. The summed E-state index contributed by atoms with van der Waals surface area (Å²) in [4.78, 5) is 40.1. The second kappa shape index (κ2) is 11.0. The number of hydrogen-bond donors (Lipinski definition) is 3. The Bertz CT molecular complexity index is 941. The Morgan fingerprint density at radius 3 is 2.43 bits per heavy atom. The lowest BCUT2D eigenvalue weighted by molar-refractivity contribution is -0.274. The lowest BCUT2D eigenvalue weighted by Gasteiger charge is -2.42. The van der Waals surface area contributed by atoms with E-state index in [-0.39, 0.29) is 42.0 Å². The van der Waals surface area contributed by atoms with Gasteiger partial charge in [0.1, 0.15) is 11.6 Å². The number of nitrogens with zero attached hydrogens (tertiary/aromatic N) is 2. The number of amides is 5. The van der Waals surface area contributed by atoms with E-state index in [1.54, 1.807) is 9.80 Å². The lowest BCUT2D eigenvalue weighted by atomic mass is 9.93. The highest BCUT2D eigenvalue weighted by atomic mass is 19.4. The molecule has 2 atom stereocenters. The third kappa shape index (κ3) is 7.62. The fourth-order valence-electron chi connectivity index (χ4n) is 4.25. The zero-order valence-corrected chi connectivity index (χ0v) is 19.5. The minimum atomic E-state index is -4.94. The lowest BCUT2D eigenvalue weighted by Crippen LogP contribution is -2.59. The molecule has 3 rings (SSSR count). The van der Waals surface area contributed by atoms with Crippen molar-refractivity contribution < 1.29 is 36.7 Å². The number of urea groups is 2. The van der Waals surface area contributed by atoms with Crippen molar-refractivity contribution in [3.63, 3.8) is 0 Å². The normalized spacial score (nSPS) is 20.1. The van der Waals surface area contributed by atoms with Crippen LogP contribution < -0.4 is 20.7 Å². The van der Waals surface area contributed by atoms with E-state index in [2.05, 4.69) is 20.7 Å². The van der Waals surface area contributed by atoms with Gasteiger partial charge in [-0.3, -0.25) is 4.79 Å². The molecule has 1 saturated carbocycles. The number of likely N-dealkylation sites (tertiary alicyclic amines) is 1. The zero-order valence-electron chi connectivity index (χ0n) is 19.5. The van der Waals surface area contributed by atoms with E-state index in [0.29, 0.717) is 32.1 Å². The molecule has 5 amide bonds. The number of hydrogen-bond acceptors (Lipinski definition) is 4. The summed E-state index contributed by atoms with van der Waals surface area (Å²) >= 11 is 0. The average molecular weight is 503 g/mol. The predicted octanol–water partition coefficient (Wildman–Crippen LogP) is 2.56. The maximum atomic E-state index is 14.3. The van der Waals surface area contributed by atoms with Gasteiger partial charge in [-0.25, -0.2) is 14.0 Å². The molecule has 35 heavy (non-hydrogen) atoms. The first-order valence-electron chi connectivity index (χ1n) is 11.3. The van der Waals surface area contributed by atoms with Gasteiger partial charge in [-0.1, -0.05) is 6.07 Å². The molecular formula is C22H29F4N5O4. The van der Waals surface area contributed by atoms with Crippen LogP contribution in [0.25, 0.3) is 0 Å². The summed E-state index contributed by atoms with van der Waals surface area (Å²) < 4.78 is 55.0. The smallest absolute Gasteiger partial charge is 0.406 e. The Hall–Kier alpha value is -3.25. The number of nitrogens with one attached hydrogen (secondary N) is 3. The summed E-state index contributed by atoms with van der Waals surface area (Å²) in [6.45, 7) is 2.26. The van der Waals surface area contributed by atoms with Crippen LogP contribution in [0.1, 0.15) is 31.7 Å². The molecule has 1 heterocycles. The van der Waals surface area contributed by atoms with Crippen molar-refractivity contribution in [3.8, 4) is 5.75 Å². The highest BCUT2D eigenvalue weighted by molar-refractivity contribution is 5.76. The van der Waals surface area contributed by atoms with Crippen LogP contribution >= 0.6 is 0 Å². The van der Waals surface area contributed by atoms with Crippen LogP contribution in [0, 0.1) is 11.7 Å². The molecule has 3 N–H and O–H groups in total. The van der Waals surface area contributed by atoms with Gasteiger partial charge in [-0.2, -0.15) is 0 Å². The van der Waals surface area contributed by atoms with E-state index in [1.807, 2.05) is 0 Å². The highest BCUT2D eigenvalue weighted by Gasteiger charge is 2.42. The molecule has 0 unspecified atom stereocenters. The second-order valence-corrected chi connectivity index (χ2v) is 8.75. The SMILES string of the molecule is CNC(=O)N1C[C@H](CNC(C)=O)C[C@@H](N(C(=O)NCc2ccc(OC(F)(F)F)cc2F)C2CC2)C1. The van der Waals surface area contributed by atoms with Crippen LogP contribution in [0.4, 0.5) is 27.2 Å². The molecule has 1 aliphatic heterocycles. The Kier molecular flexibility index (Phi) is 8.28. The standard InChI is InChI=1S/C22H29F4N5O4/c1-13(32)28-9-14-7-17(12-30(11-14)20(33)27-2)31(16-4-5-16)21(34)29-10-15-3-6-18(8-19(15)23)35-22(24,25)26/h3,6,8,14,16-17H,4-5,7,9-12H2,1-2H3,(H,27,33)(H,28,32)(H,29,34)/t14-,17+/m0/s1.